The van der Waals surface area contributed by atoms with Crippen LogP contribution in [0.4, 0.5) is 4.39 Å². The van der Waals surface area contributed by atoms with Crippen molar-refractivity contribution in [3.63, 3.8) is 0 Å². The number of aliphatic carboxylic acids is 1. The largest absolute Gasteiger partial charge is 0.481 e. The summed E-state index contributed by atoms with van der Waals surface area (Å²) in [6, 6.07) is 5.61. The second-order valence-electron chi connectivity index (χ2n) is 4.62. The second kappa shape index (κ2) is 5.63. The van der Waals surface area contributed by atoms with Crippen LogP contribution >= 0.6 is 11.6 Å². The maximum atomic E-state index is 13.3. The molecule has 1 N–H and O–H groups in total. The summed E-state index contributed by atoms with van der Waals surface area (Å²) in [6.45, 7) is 1.75. The third kappa shape index (κ3) is 2.82. The Labute approximate surface area is 120 Å². The van der Waals surface area contributed by atoms with Gasteiger partial charge in [0.1, 0.15) is 5.82 Å². The molecule has 0 amide bonds. The van der Waals surface area contributed by atoms with Crippen molar-refractivity contribution < 1.29 is 14.3 Å². The number of aryl methyl sites for hydroxylation is 2. The molecule has 4 nitrogen and oxygen atoms in total. The number of hydrogen-bond acceptors (Lipinski definition) is 2. The molecule has 0 aliphatic rings. The van der Waals surface area contributed by atoms with Crippen LogP contribution in [0.5, 0.6) is 0 Å². The highest BCUT2D eigenvalue weighted by Gasteiger charge is 2.24. The van der Waals surface area contributed by atoms with Crippen LogP contribution in [0, 0.1) is 12.7 Å². The van der Waals surface area contributed by atoms with Gasteiger partial charge < -0.3 is 5.11 Å². The highest BCUT2D eigenvalue weighted by molar-refractivity contribution is 6.31. The molecule has 106 valence electrons. The lowest BCUT2D eigenvalue weighted by Crippen LogP contribution is -2.16. The average molecular weight is 297 g/mol. The fourth-order valence-corrected chi connectivity index (χ4v) is 2.40. The van der Waals surface area contributed by atoms with Crippen molar-refractivity contribution in [2.75, 3.05) is 0 Å². The molecule has 1 atom stereocenters. The summed E-state index contributed by atoms with van der Waals surface area (Å²) < 4.78 is 14.8. The van der Waals surface area contributed by atoms with Crippen molar-refractivity contribution in [3.05, 3.63) is 52.1 Å². The molecule has 1 heterocycles. The summed E-state index contributed by atoms with van der Waals surface area (Å²) in [7, 11) is 1.71. The maximum absolute atomic E-state index is 13.3. The summed E-state index contributed by atoms with van der Waals surface area (Å²) >= 11 is 6.13. The predicted molar refractivity (Wildman–Crippen MR) is 73.4 cm³/mol. The molecule has 0 saturated heterocycles. The molecule has 6 heteroatoms. The minimum Gasteiger partial charge on any atom is -0.481 e. The van der Waals surface area contributed by atoms with Crippen LogP contribution < -0.4 is 0 Å². The van der Waals surface area contributed by atoms with Gasteiger partial charge in [-0.25, -0.2) is 4.39 Å². The van der Waals surface area contributed by atoms with Crippen LogP contribution in [-0.4, -0.2) is 20.9 Å². The molecule has 0 saturated carbocycles. The van der Waals surface area contributed by atoms with Crippen molar-refractivity contribution >= 4 is 17.6 Å². The summed E-state index contributed by atoms with van der Waals surface area (Å²) in [5.41, 5.74) is 1.68. The molecule has 2 rings (SSSR count). The fourth-order valence-electron chi connectivity index (χ4n) is 2.17. The van der Waals surface area contributed by atoms with E-state index in [-0.39, 0.29) is 6.42 Å². The Kier molecular flexibility index (Phi) is 4.09. The Morgan fingerprint density at radius 1 is 1.55 bits per heavy atom. The van der Waals surface area contributed by atoms with E-state index in [1.54, 1.807) is 24.7 Å². The molecule has 0 radical (unpaired) electrons. The SMILES string of the molecule is Cc1nn(C)c(CC(C(=O)O)c2cccc(F)c2)c1Cl. The molecule has 0 aliphatic heterocycles. The minimum atomic E-state index is -1.02. The smallest absolute Gasteiger partial charge is 0.311 e. The van der Waals surface area contributed by atoms with Gasteiger partial charge in [-0.05, 0) is 24.6 Å². The highest BCUT2D eigenvalue weighted by Crippen LogP contribution is 2.27. The van der Waals surface area contributed by atoms with Crippen LogP contribution in [-0.2, 0) is 18.3 Å². The number of rotatable bonds is 4. The molecule has 1 unspecified atom stereocenters. The van der Waals surface area contributed by atoms with Crippen molar-refractivity contribution in [3.8, 4) is 0 Å². The summed E-state index contributed by atoms with van der Waals surface area (Å²) in [6.07, 6.45) is 0.162. The summed E-state index contributed by atoms with van der Waals surface area (Å²) in [5.74, 6) is -2.34. The van der Waals surface area contributed by atoms with Crippen molar-refractivity contribution in [1.82, 2.24) is 9.78 Å². The van der Waals surface area contributed by atoms with Crippen molar-refractivity contribution in [2.45, 2.75) is 19.3 Å². The topological polar surface area (TPSA) is 55.1 Å². The molecular weight excluding hydrogens is 283 g/mol. The number of carboxylic acids is 1. The fraction of sp³-hybridized carbons (Fsp3) is 0.286. The van der Waals surface area contributed by atoms with Crippen LogP contribution in [0.15, 0.2) is 24.3 Å². The van der Waals surface area contributed by atoms with Gasteiger partial charge in [-0.15, -0.1) is 0 Å². The number of carbonyl (C=O) groups is 1. The number of hydrogen-bond donors (Lipinski definition) is 1. The first-order valence-corrected chi connectivity index (χ1v) is 6.44. The van der Waals surface area contributed by atoms with E-state index in [4.69, 9.17) is 11.6 Å². The van der Waals surface area contributed by atoms with E-state index in [9.17, 15) is 14.3 Å². The third-order valence-corrected chi connectivity index (χ3v) is 3.70. The first-order valence-electron chi connectivity index (χ1n) is 6.06. The Hall–Kier alpha value is -1.88. The van der Waals surface area contributed by atoms with Gasteiger partial charge in [-0.3, -0.25) is 9.48 Å². The average Bonchev–Trinajstić information content (AvgIpc) is 2.60. The molecule has 0 spiro atoms. The lowest BCUT2D eigenvalue weighted by atomic mass is 9.94. The second-order valence-corrected chi connectivity index (χ2v) is 5.00. The lowest BCUT2D eigenvalue weighted by molar-refractivity contribution is -0.138. The van der Waals surface area contributed by atoms with Crippen LogP contribution in [0.25, 0.3) is 0 Å². The predicted octanol–water partition coefficient (Wildman–Crippen LogP) is 2.93. The van der Waals surface area contributed by atoms with Crippen LogP contribution in [0.3, 0.4) is 0 Å². The molecule has 1 aromatic carbocycles. The van der Waals surface area contributed by atoms with Gasteiger partial charge in [0, 0.05) is 13.5 Å². The summed E-state index contributed by atoms with van der Waals surface area (Å²) in [4.78, 5) is 11.4. The Morgan fingerprint density at radius 2 is 2.25 bits per heavy atom. The molecule has 2 aromatic rings. The first kappa shape index (κ1) is 14.5. The zero-order valence-corrected chi connectivity index (χ0v) is 11.9. The van der Waals surface area contributed by atoms with Gasteiger partial charge in [-0.1, -0.05) is 23.7 Å². The molecule has 0 bridgehead atoms. The molecule has 20 heavy (non-hydrogen) atoms. The van der Waals surface area contributed by atoms with E-state index < -0.39 is 17.7 Å². The van der Waals surface area contributed by atoms with Gasteiger partial charge in [0.05, 0.1) is 22.3 Å². The molecule has 0 aliphatic carbocycles. The zero-order valence-electron chi connectivity index (χ0n) is 11.1. The normalized spacial score (nSPS) is 12.4. The minimum absolute atomic E-state index is 0.162. The Morgan fingerprint density at radius 3 is 2.75 bits per heavy atom. The van der Waals surface area contributed by atoms with Gasteiger partial charge in [-0.2, -0.15) is 5.10 Å². The zero-order chi connectivity index (χ0) is 14.9. The Bertz CT molecular complexity index is 655. The van der Waals surface area contributed by atoms with E-state index in [2.05, 4.69) is 5.10 Å². The monoisotopic (exact) mass is 296 g/mol. The van der Waals surface area contributed by atoms with E-state index in [0.29, 0.717) is 22.0 Å². The molecule has 1 aromatic heterocycles. The number of benzene rings is 1. The number of nitrogens with zero attached hydrogens (tertiary/aromatic N) is 2. The summed E-state index contributed by atoms with van der Waals surface area (Å²) in [5, 5.41) is 14.0. The van der Waals surface area contributed by atoms with Crippen LogP contribution in [0.1, 0.15) is 22.9 Å². The van der Waals surface area contributed by atoms with Gasteiger partial charge in [0.25, 0.3) is 0 Å². The number of aromatic nitrogens is 2. The van der Waals surface area contributed by atoms with E-state index >= 15 is 0 Å². The van der Waals surface area contributed by atoms with Crippen LogP contribution in [0.2, 0.25) is 5.02 Å². The van der Waals surface area contributed by atoms with Gasteiger partial charge in [0.2, 0.25) is 0 Å². The van der Waals surface area contributed by atoms with Crippen molar-refractivity contribution in [1.29, 1.82) is 0 Å². The van der Waals surface area contributed by atoms with E-state index in [1.807, 2.05) is 0 Å². The molecule has 0 fully saturated rings. The molecular formula is C14H14ClFN2O2. The standard InChI is InChI=1S/C14H14ClFN2O2/c1-8-13(15)12(18(2)17-8)7-11(14(19)20)9-4-3-5-10(16)6-9/h3-6,11H,7H2,1-2H3,(H,19,20). The first-order chi connectivity index (χ1) is 9.40. The van der Waals surface area contributed by atoms with Gasteiger partial charge >= 0.3 is 5.97 Å². The lowest BCUT2D eigenvalue weighted by Gasteiger charge is -2.13. The third-order valence-electron chi connectivity index (χ3n) is 3.21. The highest BCUT2D eigenvalue weighted by atomic mass is 35.5. The number of halogens is 2. The quantitative estimate of drug-likeness (QED) is 0.944. The number of carboxylic acid groups (broad SMARTS) is 1. The van der Waals surface area contributed by atoms with Crippen molar-refractivity contribution in [2.24, 2.45) is 7.05 Å². The van der Waals surface area contributed by atoms with Gasteiger partial charge in [0.15, 0.2) is 0 Å². The van der Waals surface area contributed by atoms with E-state index in [1.165, 1.54) is 18.2 Å². The Balaban J connectivity index is 2.38. The maximum Gasteiger partial charge on any atom is 0.311 e. The van der Waals surface area contributed by atoms with E-state index in [0.717, 1.165) is 0 Å².